The maximum atomic E-state index is 13.3. The van der Waals surface area contributed by atoms with Crippen LogP contribution in [0.4, 0.5) is 5.69 Å². The van der Waals surface area contributed by atoms with Gasteiger partial charge in [0.05, 0.1) is 10.8 Å². The molecule has 174 valence electrons. The SMILES string of the molecule is Cc1cc2c(cc1S(=O)(=O)Nc1ccc(C(C(=O)O)C(C)C)cc1)C(C)(C)CCC2(C)C. The summed E-state index contributed by atoms with van der Waals surface area (Å²) in [6, 6.07) is 10.5. The van der Waals surface area contributed by atoms with Crippen molar-refractivity contribution >= 4 is 21.7 Å². The van der Waals surface area contributed by atoms with Crippen LogP contribution < -0.4 is 4.72 Å². The second-order valence-electron chi connectivity index (χ2n) is 10.7. The van der Waals surface area contributed by atoms with Crippen LogP contribution in [0.25, 0.3) is 0 Å². The predicted octanol–water partition coefficient (Wildman–Crippen LogP) is 5.97. The lowest BCUT2D eigenvalue weighted by Gasteiger charge is -2.42. The number of rotatable bonds is 6. The van der Waals surface area contributed by atoms with E-state index in [9.17, 15) is 18.3 Å². The quantitative estimate of drug-likeness (QED) is 0.560. The highest BCUT2D eigenvalue weighted by Crippen LogP contribution is 2.47. The molecule has 0 heterocycles. The van der Waals surface area contributed by atoms with E-state index >= 15 is 0 Å². The number of hydrogen-bond donors (Lipinski definition) is 2. The Bertz CT molecular complexity index is 1130. The van der Waals surface area contributed by atoms with E-state index in [1.54, 1.807) is 24.3 Å². The van der Waals surface area contributed by atoms with Crippen LogP contribution in [0.1, 0.15) is 82.6 Å². The van der Waals surface area contributed by atoms with Gasteiger partial charge in [0.2, 0.25) is 0 Å². The summed E-state index contributed by atoms with van der Waals surface area (Å²) in [7, 11) is -3.80. The van der Waals surface area contributed by atoms with Crippen molar-refractivity contribution in [3.8, 4) is 0 Å². The van der Waals surface area contributed by atoms with Gasteiger partial charge >= 0.3 is 5.97 Å². The van der Waals surface area contributed by atoms with Crippen molar-refractivity contribution in [3.05, 3.63) is 58.7 Å². The van der Waals surface area contributed by atoms with Gasteiger partial charge in [0.1, 0.15) is 0 Å². The van der Waals surface area contributed by atoms with Crippen molar-refractivity contribution in [3.63, 3.8) is 0 Å². The highest BCUT2D eigenvalue weighted by atomic mass is 32.2. The van der Waals surface area contributed by atoms with E-state index in [2.05, 4.69) is 32.4 Å². The Morgan fingerprint density at radius 1 is 0.969 bits per heavy atom. The third-order valence-corrected chi connectivity index (χ3v) is 8.42. The normalized spacial score (nSPS) is 18.1. The van der Waals surface area contributed by atoms with Crippen LogP contribution in [0, 0.1) is 12.8 Å². The standard InChI is InChI=1S/C26H35NO4S/c1-16(2)23(24(28)29)18-8-10-19(11-9-18)27-32(30,31)22-15-21-20(14-17(22)3)25(4,5)12-13-26(21,6)7/h8-11,14-16,23,27H,12-13H2,1-7H3,(H,28,29). The highest BCUT2D eigenvalue weighted by Gasteiger charge is 2.38. The molecule has 0 amide bonds. The molecule has 1 aliphatic carbocycles. The first-order valence-electron chi connectivity index (χ1n) is 11.2. The van der Waals surface area contributed by atoms with Crippen molar-refractivity contribution in [2.24, 2.45) is 5.92 Å². The highest BCUT2D eigenvalue weighted by molar-refractivity contribution is 7.92. The molecule has 2 N–H and O–H groups in total. The van der Waals surface area contributed by atoms with Crippen LogP contribution in [0.5, 0.6) is 0 Å². The fourth-order valence-corrected chi connectivity index (χ4v) is 6.09. The Labute approximate surface area is 192 Å². The summed E-state index contributed by atoms with van der Waals surface area (Å²) in [6.07, 6.45) is 2.07. The number of sulfonamides is 1. The topological polar surface area (TPSA) is 83.5 Å². The summed E-state index contributed by atoms with van der Waals surface area (Å²) in [6.45, 7) is 14.3. The molecule has 0 spiro atoms. The summed E-state index contributed by atoms with van der Waals surface area (Å²) < 4.78 is 29.3. The predicted molar refractivity (Wildman–Crippen MR) is 129 cm³/mol. The summed E-state index contributed by atoms with van der Waals surface area (Å²) in [5.74, 6) is -1.58. The number of carboxylic acids is 1. The van der Waals surface area contributed by atoms with Crippen LogP contribution in [-0.2, 0) is 25.6 Å². The van der Waals surface area contributed by atoms with Gasteiger partial charge in [0, 0.05) is 5.69 Å². The molecule has 0 fully saturated rings. The Morgan fingerprint density at radius 3 is 1.94 bits per heavy atom. The molecule has 6 heteroatoms. The molecule has 0 aromatic heterocycles. The van der Waals surface area contributed by atoms with Crippen molar-refractivity contribution in [2.45, 2.75) is 83.0 Å². The molecule has 1 aliphatic rings. The van der Waals surface area contributed by atoms with Crippen molar-refractivity contribution < 1.29 is 18.3 Å². The molecule has 0 aliphatic heterocycles. The Kier molecular flexibility index (Phi) is 6.24. The van der Waals surface area contributed by atoms with Crippen molar-refractivity contribution in [1.82, 2.24) is 0 Å². The summed E-state index contributed by atoms with van der Waals surface area (Å²) >= 11 is 0. The number of nitrogens with one attached hydrogen (secondary N) is 1. The first-order valence-corrected chi connectivity index (χ1v) is 12.7. The average Bonchev–Trinajstić information content (AvgIpc) is 2.66. The smallest absolute Gasteiger partial charge is 0.311 e. The lowest BCUT2D eigenvalue weighted by molar-refractivity contribution is -0.139. The lowest BCUT2D eigenvalue weighted by atomic mass is 9.63. The zero-order valence-electron chi connectivity index (χ0n) is 20.1. The van der Waals surface area contributed by atoms with Crippen LogP contribution in [0.3, 0.4) is 0 Å². The minimum Gasteiger partial charge on any atom is -0.481 e. The summed E-state index contributed by atoms with van der Waals surface area (Å²) in [4.78, 5) is 11.9. The number of fused-ring (bicyclic) bond motifs is 1. The maximum absolute atomic E-state index is 13.3. The number of hydrogen-bond acceptors (Lipinski definition) is 3. The maximum Gasteiger partial charge on any atom is 0.311 e. The molecule has 1 unspecified atom stereocenters. The van der Waals surface area contributed by atoms with Crippen molar-refractivity contribution in [1.29, 1.82) is 0 Å². The van der Waals surface area contributed by atoms with Gasteiger partial charge in [-0.3, -0.25) is 9.52 Å². The molecule has 2 aromatic carbocycles. The largest absolute Gasteiger partial charge is 0.481 e. The number of aliphatic carboxylic acids is 1. The van der Waals surface area contributed by atoms with Gasteiger partial charge in [0.25, 0.3) is 10.0 Å². The van der Waals surface area contributed by atoms with E-state index in [0.29, 0.717) is 11.3 Å². The zero-order valence-corrected chi connectivity index (χ0v) is 20.9. The lowest BCUT2D eigenvalue weighted by Crippen LogP contribution is -2.34. The summed E-state index contributed by atoms with van der Waals surface area (Å²) in [5, 5.41) is 9.50. The minimum atomic E-state index is -3.80. The van der Waals surface area contributed by atoms with E-state index < -0.39 is 21.9 Å². The second kappa shape index (κ2) is 8.22. The number of aryl methyl sites for hydroxylation is 1. The van der Waals surface area contributed by atoms with E-state index in [-0.39, 0.29) is 21.6 Å². The molecule has 0 saturated carbocycles. The van der Waals surface area contributed by atoms with Gasteiger partial charge in [-0.05, 0) is 77.0 Å². The monoisotopic (exact) mass is 457 g/mol. The molecule has 32 heavy (non-hydrogen) atoms. The van der Waals surface area contributed by atoms with Crippen LogP contribution in [0.2, 0.25) is 0 Å². The van der Waals surface area contributed by atoms with Crippen LogP contribution in [-0.4, -0.2) is 19.5 Å². The van der Waals surface area contributed by atoms with Gasteiger partial charge < -0.3 is 5.11 Å². The van der Waals surface area contributed by atoms with E-state index in [4.69, 9.17) is 0 Å². The molecule has 0 bridgehead atoms. The zero-order chi connectivity index (χ0) is 24.1. The van der Waals surface area contributed by atoms with E-state index in [1.165, 1.54) is 5.56 Å². The molecule has 5 nitrogen and oxygen atoms in total. The number of carbonyl (C=O) groups is 1. The van der Waals surface area contributed by atoms with Gasteiger partial charge in [-0.2, -0.15) is 0 Å². The van der Waals surface area contributed by atoms with Gasteiger partial charge in [-0.1, -0.05) is 59.7 Å². The van der Waals surface area contributed by atoms with Gasteiger partial charge in [-0.15, -0.1) is 0 Å². The fraction of sp³-hybridized carbons (Fsp3) is 0.500. The average molecular weight is 458 g/mol. The van der Waals surface area contributed by atoms with Gasteiger partial charge in [-0.25, -0.2) is 8.42 Å². The van der Waals surface area contributed by atoms with E-state index in [0.717, 1.165) is 24.0 Å². The molecular formula is C26H35NO4S. The molecule has 0 saturated heterocycles. The molecule has 0 radical (unpaired) electrons. The Balaban J connectivity index is 1.97. The number of anilines is 1. The summed E-state index contributed by atoms with van der Waals surface area (Å²) in [5.41, 5.74) is 4.04. The Hall–Kier alpha value is -2.34. The molecule has 1 atom stereocenters. The fourth-order valence-electron chi connectivity index (χ4n) is 4.77. The molecule has 3 rings (SSSR count). The third-order valence-electron chi connectivity index (χ3n) is 6.89. The minimum absolute atomic E-state index is 0.0122. The van der Waals surface area contributed by atoms with Crippen molar-refractivity contribution in [2.75, 3.05) is 4.72 Å². The second-order valence-corrected chi connectivity index (χ2v) is 12.4. The molecule has 2 aromatic rings. The molecular weight excluding hydrogens is 422 g/mol. The van der Waals surface area contributed by atoms with Crippen LogP contribution >= 0.6 is 0 Å². The number of carboxylic acid groups (broad SMARTS) is 1. The Morgan fingerprint density at radius 2 is 1.47 bits per heavy atom. The third kappa shape index (κ3) is 4.56. The number of benzene rings is 2. The first-order chi connectivity index (χ1) is 14.7. The van der Waals surface area contributed by atoms with E-state index in [1.807, 2.05) is 32.9 Å². The van der Waals surface area contributed by atoms with Gasteiger partial charge in [0.15, 0.2) is 0 Å². The van der Waals surface area contributed by atoms with Crippen LogP contribution in [0.15, 0.2) is 41.3 Å². The first kappa shape index (κ1) is 24.3.